The Labute approximate surface area is 188 Å². The van der Waals surface area contributed by atoms with E-state index in [9.17, 15) is 15.3 Å². The van der Waals surface area contributed by atoms with Crippen molar-refractivity contribution in [3.05, 3.63) is 47.6 Å². The van der Waals surface area contributed by atoms with Crippen molar-refractivity contribution in [3.8, 4) is 0 Å². The summed E-state index contributed by atoms with van der Waals surface area (Å²) in [5, 5.41) is 30.5. The highest BCUT2D eigenvalue weighted by atomic mass is 16.3. The maximum atomic E-state index is 10.3. The monoisotopic (exact) mass is 426 g/mol. The van der Waals surface area contributed by atoms with Gasteiger partial charge < -0.3 is 15.3 Å². The van der Waals surface area contributed by atoms with Crippen molar-refractivity contribution in [2.24, 2.45) is 29.1 Å². The minimum Gasteiger partial charge on any atom is -0.393 e. The van der Waals surface area contributed by atoms with Gasteiger partial charge in [-0.1, -0.05) is 50.3 Å². The first-order valence-electron chi connectivity index (χ1n) is 12.5. The van der Waals surface area contributed by atoms with Crippen molar-refractivity contribution in [3.63, 3.8) is 0 Å². The molecule has 0 bridgehead atoms. The topological polar surface area (TPSA) is 60.7 Å². The molecule has 0 aromatic heterocycles. The van der Waals surface area contributed by atoms with Crippen LogP contribution < -0.4 is 0 Å². The van der Waals surface area contributed by atoms with E-state index in [4.69, 9.17) is 0 Å². The van der Waals surface area contributed by atoms with Gasteiger partial charge in [0.15, 0.2) is 0 Å². The van der Waals surface area contributed by atoms with Crippen LogP contribution in [0.25, 0.3) is 0 Å². The van der Waals surface area contributed by atoms with Crippen LogP contribution in [0.1, 0.15) is 78.6 Å². The Balaban J connectivity index is 1.47. The second-order valence-corrected chi connectivity index (χ2v) is 11.6. The zero-order chi connectivity index (χ0) is 22.4. The lowest BCUT2D eigenvalue weighted by atomic mass is 9.60. The molecule has 0 saturated heterocycles. The fraction of sp³-hybridized carbons (Fsp3) is 0.714. The van der Waals surface area contributed by atoms with Crippen LogP contribution in [0.5, 0.6) is 0 Å². The Morgan fingerprint density at radius 1 is 1.23 bits per heavy atom. The van der Waals surface area contributed by atoms with Gasteiger partial charge in [0.2, 0.25) is 0 Å². The third-order valence-corrected chi connectivity index (χ3v) is 9.07. The van der Waals surface area contributed by atoms with Gasteiger partial charge in [-0.2, -0.15) is 0 Å². The fourth-order valence-corrected chi connectivity index (χ4v) is 7.49. The predicted octanol–water partition coefficient (Wildman–Crippen LogP) is 5.48. The molecular weight excluding hydrogens is 384 g/mol. The van der Waals surface area contributed by atoms with Gasteiger partial charge in [-0.25, -0.2) is 0 Å². The molecule has 3 saturated carbocycles. The molecule has 0 aliphatic heterocycles. The summed E-state index contributed by atoms with van der Waals surface area (Å²) in [6, 6.07) is 0. The lowest BCUT2D eigenvalue weighted by Gasteiger charge is -2.44. The van der Waals surface area contributed by atoms with Crippen molar-refractivity contribution in [1.29, 1.82) is 0 Å². The smallest absolute Gasteiger partial charge is 0.0811 e. The fourth-order valence-electron chi connectivity index (χ4n) is 7.49. The zero-order valence-corrected chi connectivity index (χ0v) is 19.7. The normalized spacial score (nSPS) is 46.6. The number of hydrogen-bond donors (Lipinski definition) is 3. The quantitative estimate of drug-likeness (QED) is 0.522. The molecule has 0 amide bonds. The van der Waals surface area contributed by atoms with E-state index in [-0.39, 0.29) is 0 Å². The van der Waals surface area contributed by atoms with Crippen LogP contribution in [0.3, 0.4) is 0 Å². The van der Waals surface area contributed by atoms with Crippen molar-refractivity contribution in [2.75, 3.05) is 0 Å². The van der Waals surface area contributed by atoms with Crippen LogP contribution in [0.4, 0.5) is 0 Å². The van der Waals surface area contributed by atoms with Gasteiger partial charge in [-0.3, -0.25) is 0 Å². The number of rotatable bonds is 4. The Morgan fingerprint density at radius 2 is 2.00 bits per heavy atom. The second kappa shape index (κ2) is 8.65. The number of hydrogen-bond acceptors (Lipinski definition) is 3. The molecule has 4 aliphatic rings. The molecule has 8 atom stereocenters. The molecule has 0 spiro atoms. The lowest BCUT2D eigenvalue weighted by Crippen LogP contribution is -2.36. The molecule has 0 aromatic carbocycles. The predicted molar refractivity (Wildman–Crippen MR) is 126 cm³/mol. The maximum absolute atomic E-state index is 10.3. The molecule has 3 fully saturated rings. The van der Waals surface area contributed by atoms with E-state index >= 15 is 0 Å². The van der Waals surface area contributed by atoms with Crippen LogP contribution in [0.2, 0.25) is 0 Å². The van der Waals surface area contributed by atoms with E-state index < -0.39 is 17.8 Å². The average molecular weight is 427 g/mol. The largest absolute Gasteiger partial charge is 0.393 e. The SMILES string of the molecule is C=C1/C(=C\C=C2/CCC[C@@]3(C)C2CC[C@@H]3[C@H](C)CC2C=CC(C)(O)C2)C[C@@H](O)CC1O. The van der Waals surface area contributed by atoms with Crippen LogP contribution in [-0.2, 0) is 0 Å². The third kappa shape index (κ3) is 4.65. The number of allylic oxidation sites excluding steroid dienone is 4. The average Bonchev–Trinajstić information content (AvgIpc) is 3.22. The summed E-state index contributed by atoms with van der Waals surface area (Å²) >= 11 is 0. The summed E-state index contributed by atoms with van der Waals surface area (Å²) in [7, 11) is 0. The first-order valence-corrected chi connectivity index (χ1v) is 12.5. The molecule has 172 valence electrons. The lowest BCUT2D eigenvalue weighted by molar-refractivity contribution is 0.0754. The molecule has 0 radical (unpaired) electrons. The molecular formula is C28H42O3. The molecule has 4 aliphatic carbocycles. The second-order valence-electron chi connectivity index (χ2n) is 11.6. The van der Waals surface area contributed by atoms with Crippen LogP contribution in [0, 0.1) is 29.1 Å². The number of fused-ring (bicyclic) bond motifs is 1. The van der Waals surface area contributed by atoms with E-state index in [0.717, 1.165) is 29.9 Å². The van der Waals surface area contributed by atoms with Gasteiger partial charge in [-0.05, 0) is 98.5 Å². The summed E-state index contributed by atoms with van der Waals surface area (Å²) in [5.74, 6) is 2.55. The summed E-state index contributed by atoms with van der Waals surface area (Å²) < 4.78 is 0. The molecule has 4 unspecified atom stereocenters. The molecule has 4 rings (SSSR count). The van der Waals surface area contributed by atoms with Gasteiger partial charge in [0, 0.05) is 6.42 Å². The summed E-state index contributed by atoms with van der Waals surface area (Å²) in [6.07, 6.45) is 16.9. The van der Waals surface area contributed by atoms with Crippen molar-refractivity contribution < 1.29 is 15.3 Å². The van der Waals surface area contributed by atoms with Crippen LogP contribution in [0.15, 0.2) is 47.6 Å². The van der Waals surface area contributed by atoms with Crippen molar-refractivity contribution >= 4 is 0 Å². The Kier molecular flexibility index (Phi) is 6.42. The van der Waals surface area contributed by atoms with Crippen LogP contribution >= 0.6 is 0 Å². The number of aliphatic hydroxyl groups is 3. The highest BCUT2D eigenvalue weighted by molar-refractivity contribution is 5.38. The Hall–Kier alpha value is -1.16. The Bertz CT molecular complexity index is 788. The Morgan fingerprint density at radius 3 is 2.71 bits per heavy atom. The molecule has 3 nitrogen and oxygen atoms in total. The standard InChI is InChI=1S/C28H42O3/c1-18(14-20-11-13-27(3,31)17-20)24-9-10-25-21(6-5-12-28(24,25)4)7-8-22-15-23(29)16-26(30)19(22)2/h7-8,11,13,18,20,23-26,29-31H,2,5-6,9-10,12,14-17H2,1,3-4H3/b21-7+,22-8-/t18-,20?,23-,24-,25?,26?,27?,28-/m1/s1. The summed E-state index contributed by atoms with van der Waals surface area (Å²) in [5.41, 5.74) is 3.08. The zero-order valence-electron chi connectivity index (χ0n) is 19.7. The van der Waals surface area contributed by atoms with Crippen molar-refractivity contribution in [2.45, 2.75) is 96.4 Å². The first-order chi connectivity index (χ1) is 14.6. The van der Waals surface area contributed by atoms with Crippen LogP contribution in [-0.4, -0.2) is 33.1 Å². The van der Waals surface area contributed by atoms with E-state index in [0.29, 0.717) is 36.0 Å². The van der Waals surface area contributed by atoms with Crippen molar-refractivity contribution in [1.82, 2.24) is 0 Å². The van der Waals surface area contributed by atoms with Gasteiger partial charge in [0.25, 0.3) is 0 Å². The minimum absolute atomic E-state index is 0.357. The molecule has 0 aromatic rings. The molecule has 3 N–H and O–H groups in total. The van der Waals surface area contributed by atoms with E-state index in [1.54, 1.807) is 5.57 Å². The van der Waals surface area contributed by atoms with Gasteiger partial charge in [-0.15, -0.1) is 0 Å². The van der Waals surface area contributed by atoms with Gasteiger partial charge >= 0.3 is 0 Å². The third-order valence-electron chi connectivity index (χ3n) is 9.07. The number of aliphatic hydroxyl groups excluding tert-OH is 2. The summed E-state index contributed by atoms with van der Waals surface area (Å²) in [4.78, 5) is 0. The molecule has 3 heteroatoms. The molecule has 31 heavy (non-hydrogen) atoms. The van der Waals surface area contributed by atoms with Gasteiger partial charge in [0.05, 0.1) is 17.8 Å². The minimum atomic E-state index is -0.620. The summed E-state index contributed by atoms with van der Waals surface area (Å²) in [6.45, 7) is 11.0. The van der Waals surface area contributed by atoms with E-state index in [1.807, 2.05) is 13.0 Å². The highest BCUT2D eigenvalue weighted by Crippen LogP contribution is 2.60. The van der Waals surface area contributed by atoms with Gasteiger partial charge in [0.1, 0.15) is 0 Å². The highest BCUT2D eigenvalue weighted by Gasteiger charge is 2.50. The molecule has 0 heterocycles. The maximum Gasteiger partial charge on any atom is 0.0811 e. The first kappa shape index (κ1) is 23.0. The van der Waals surface area contributed by atoms with E-state index in [1.165, 1.54) is 32.1 Å². The van der Waals surface area contributed by atoms with E-state index in [2.05, 4.69) is 38.7 Å².